The van der Waals surface area contributed by atoms with Crippen molar-refractivity contribution >= 4 is 16.9 Å². The van der Waals surface area contributed by atoms with E-state index in [1.165, 1.54) is 0 Å². The second-order valence-corrected chi connectivity index (χ2v) is 7.53. The number of ether oxygens (including phenoxy) is 1. The lowest BCUT2D eigenvalue weighted by Gasteiger charge is -2.18. The maximum atomic E-state index is 12.8. The summed E-state index contributed by atoms with van der Waals surface area (Å²) in [6, 6.07) is 19.6. The molecule has 0 unspecified atom stereocenters. The van der Waals surface area contributed by atoms with E-state index in [9.17, 15) is 4.79 Å². The molecule has 2 aromatic carbocycles. The number of fused-ring (bicyclic) bond motifs is 1. The fourth-order valence-corrected chi connectivity index (χ4v) is 3.62. The molecule has 0 saturated carbocycles. The van der Waals surface area contributed by atoms with Gasteiger partial charge in [0.15, 0.2) is 0 Å². The molecule has 0 aliphatic carbocycles. The predicted molar refractivity (Wildman–Crippen MR) is 121 cm³/mol. The summed E-state index contributed by atoms with van der Waals surface area (Å²) in [5.74, 6) is 1.73. The van der Waals surface area contributed by atoms with E-state index in [0.717, 1.165) is 41.1 Å². The Balaban J connectivity index is 1.48. The minimum atomic E-state index is -0.0520. The zero-order chi connectivity index (χ0) is 21.6. The molecule has 0 N–H and O–H groups in total. The quantitative estimate of drug-likeness (QED) is 0.399. The van der Waals surface area contributed by atoms with Crippen LogP contribution in [0.5, 0.6) is 5.75 Å². The molecule has 0 aliphatic rings. The lowest BCUT2D eigenvalue weighted by molar-refractivity contribution is 0.0780. The highest BCUT2D eigenvalue weighted by Crippen LogP contribution is 2.20. The summed E-state index contributed by atoms with van der Waals surface area (Å²) in [6.07, 6.45) is 4.10. The van der Waals surface area contributed by atoms with Crippen LogP contribution in [0.1, 0.15) is 28.2 Å². The van der Waals surface area contributed by atoms with Gasteiger partial charge in [0.1, 0.15) is 11.6 Å². The zero-order valence-electron chi connectivity index (χ0n) is 17.9. The number of aromatic nitrogens is 3. The zero-order valence-corrected chi connectivity index (χ0v) is 17.9. The molecule has 2 aromatic heterocycles. The van der Waals surface area contributed by atoms with Gasteiger partial charge in [-0.3, -0.25) is 9.78 Å². The standard InChI is InChI=1S/C25H26N4O2/c1-19-8-3-6-11-23(19)31-17-7-16-29-22-10-5-4-9-21(22)27-24(29)18-28(2)25(30)20-12-14-26-15-13-20/h3-6,8-15H,7,16-18H2,1-2H3. The molecule has 6 nitrogen and oxygen atoms in total. The average Bonchev–Trinajstić information content (AvgIpc) is 3.14. The Labute approximate surface area is 182 Å². The van der Waals surface area contributed by atoms with E-state index >= 15 is 0 Å². The van der Waals surface area contributed by atoms with Gasteiger partial charge in [-0.2, -0.15) is 0 Å². The number of carbonyl (C=O) groups excluding carboxylic acids is 1. The molecule has 2 heterocycles. The molecule has 1 amide bonds. The smallest absolute Gasteiger partial charge is 0.254 e. The number of para-hydroxylation sites is 3. The molecule has 0 radical (unpaired) electrons. The molecular formula is C25H26N4O2. The van der Waals surface area contributed by atoms with E-state index in [2.05, 4.69) is 15.6 Å². The van der Waals surface area contributed by atoms with E-state index < -0.39 is 0 Å². The van der Waals surface area contributed by atoms with Crippen molar-refractivity contribution in [2.45, 2.75) is 26.4 Å². The monoisotopic (exact) mass is 414 g/mol. The molecule has 6 heteroatoms. The summed E-state index contributed by atoms with van der Waals surface area (Å²) in [5, 5.41) is 0. The van der Waals surface area contributed by atoms with Crippen molar-refractivity contribution in [2.75, 3.05) is 13.7 Å². The summed E-state index contributed by atoms with van der Waals surface area (Å²) in [4.78, 5) is 23.2. The maximum absolute atomic E-state index is 12.8. The number of benzene rings is 2. The predicted octanol–water partition coefficient (Wildman–Crippen LogP) is 4.48. The van der Waals surface area contributed by atoms with Crippen LogP contribution in [0.3, 0.4) is 0 Å². The first kappa shape index (κ1) is 20.6. The van der Waals surface area contributed by atoms with Crippen LogP contribution in [0.2, 0.25) is 0 Å². The number of amides is 1. The van der Waals surface area contributed by atoms with Crippen LogP contribution in [0.25, 0.3) is 11.0 Å². The van der Waals surface area contributed by atoms with Gasteiger partial charge in [-0.1, -0.05) is 30.3 Å². The van der Waals surface area contributed by atoms with Crippen LogP contribution in [0.4, 0.5) is 0 Å². The molecule has 0 bridgehead atoms. The van der Waals surface area contributed by atoms with Crippen molar-refractivity contribution in [3.05, 3.63) is 90.0 Å². The van der Waals surface area contributed by atoms with Crippen molar-refractivity contribution in [1.82, 2.24) is 19.4 Å². The Morgan fingerprint density at radius 3 is 2.58 bits per heavy atom. The van der Waals surface area contributed by atoms with Crippen molar-refractivity contribution in [3.8, 4) is 5.75 Å². The Morgan fingerprint density at radius 2 is 1.77 bits per heavy atom. The summed E-state index contributed by atoms with van der Waals surface area (Å²) in [6.45, 7) is 3.85. The number of aryl methyl sites for hydroxylation is 2. The van der Waals surface area contributed by atoms with Gasteiger partial charge >= 0.3 is 0 Å². The first-order valence-corrected chi connectivity index (χ1v) is 10.4. The van der Waals surface area contributed by atoms with Gasteiger partial charge in [0.05, 0.1) is 24.2 Å². The first-order valence-electron chi connectivity index (χ1n) is 10.4. The number of nitrogens with zero attached hydrogens (tertiary/aromatic N) is 4. The third-order valence-corrected chi connectivity index (χ3v) is 5.26. The summed E-state index contributed by atoms with van der Waals surface area (Å²) >= 11 is 0. The number of rotatable bonds is 8. The highest BCUT2D eigenvalue weighted by atomic mass is 16.5. The summed E-state index contributed by atoms with van der Waals surface area (Å²) in [5.41, 5.74) is 3.75. The van der Waals surface area contributed by atoms with Gasteiger partial charge < -0.3 is 14.2 Å². The molecule has 0 atom stereocenters. The first-order chi connectivity index (χ1) is 15.1. The molecule has 4 aromatic rings. The van der Waals surface area contributed by atoms with E-state index in [-0.39, 0.29) is 5.91 Å². The third kappa shape index (κ3) is 4.74. The van der Waals surface area contributed by atoms with Crippen LogP contribution in [0.15, 0.2) is 73.1 Å². The minimum absolute atomic E-state index is 0.0520. The number of imidazole rings is 1. The number of pyridine rings is 1. The molecule has 0 saturated heterocycles. The molecule has 158 valence electrons. The molecule has 0 aliphatic heterocycles. The Kier molecular flexibility index (Phi) is 6.26. The second kappa shape index (κ2) is 9.43. The minimum Gasteiger partial charge on any atom is -0.493 e. The highest BCUT2D eigenvalue weighted by Gasteiger charge is 2.17. The fraction of sp³-hybridized carbons (Fsp3) is 0.240. The van der Waals surface area contributed by atoms with E-state index in [4.69, 9.17) is 9.72 Å². The van der Waals surface area contributed by atoms with Crippen LogP contribution >= 0.6 is 0 Å². The Bertz CT molecular complexity index is 1170. The van der Waals surface area contributed by atoms with Crippen molar-refractivity contribution in [2.24, 2.45) is 0 Å². The normalized spacial score (nSPS) is 10.9. The number of hydrogen-bond acceptors (Lipinski definition) is 4. The summed E-state index contributed by atoms with van der Waals surface area (Å²) in [7, 11) is 1.80. The number of hydrogen-bond donors (Lipinski definition) is 0. The van der Waals surface area contributed by atoms with Gasteiger partial charge in [-0.15, -0.1) is 0 Å². The second-order valence-electron chi connectivity index (χ2n) is 7.53. The maximum Gasteiger partial charge on any atom is 0.254 e. The van der Waals surface area contributed by atoms with E-state index in [1.54, 1.807) is 36.5 Å². The number of carbonyl (C=O) groups is 1. The van der Waals surface area contributed by atoms with Crippen molar-refractivity contribution in [3.63, 3.8) is 0 Å². The molecular weight excluding hydrogens is 388 g/mol. The average molecular weight is 415 g/mol. The van der Waals surface area contributed by atoms with Gasteiger partial charge in [-0.05, 0) is 49.2 Å². The molecule has 4 rings (SSSR count). The van der Waals surface area contributed by atoms with E-state index in [1.807, 2.05) is 49.4 Å². The van der Waals surface area contributed by atoms with Crippen LogP contribution in [-0.4, -0.2) is 39.0 Å². The van der Waals surface area contributed by atoms with Crippen LogP contribution < -0.4 is 4.74 Å². The van der Waals surface area contributed by atoms with E-state index in [0.29, 0.717) is 18.7 Å². The van der Waals surface area contributed by atoms with Crippen molar-refractivity contribution in [1.29, 1.82) is 0 Å². The topological polar surface area (TPSA) is 60.2 Å². The molecule has 0 fully saturated rings. The van der Waals surface area contributed by atoms with Gasteiger partial charge in [0.25, 0.3) is 5.91 Å². The lowest BCUT2D eigenvalue weighted by atomic mass is 10.2. The molecule has 31 heavy (non-hydrogen) atoms. The summed E-state index contributed by atoms with van der Waals surface area (Å²) < 4.78 is 8.15. The Hall–Kier alpha value is -3.67. The highest BCUT2D eigenvalue weighted by molar-refractivity contribution is 5.93. The van der Waals surface area contributed by atoms with Crippen LogP contribution in [0, 0.1) is 6.92 Å². The van der Waals surface area contributed by atoms with Gasteiger partial charge in [-0.25, -0.2) is 4.98 Å². The molecule has 0 spiro atoms. The van der Waals surface area contributed by atoms with Gasteiger partial charge in [0, 0.05) is 31.5 Å². The third-order valence-electron chi connectivity index (χ3n) is 5.26. The lowest BCUT2D eigenvalue weighted by Crippen LogP contribution is -2.28. The Morgan fingerprint density at radius 1 is 1.03 bits per heavy atom. The SMILES string of the molecule is Cc1ccccc1OCCCn1c(CN(C)C(=O)c2ccncc2)nc2ccccc21. The largest absolute Gasteiger partial charge is 0.493 e. The van der Waals surface area contributed by atoms with Gasteiger partial charge in [0.2, 0.25) is 0 Å². The van der Waals surface area contributed by atoms with Crippen molar-refractivity contribution < 1.29 is 9.53 Å². The van der Waals surface area contributed by atoms with Crippen LogP contribution in [-0.2, 0) is 13.1 Å². The fourth-order valence-electron chi connectivity index (χ4n) is 3.62.